The number of aromatic nitrogens is 4. The highest BCUT2D eigenvalue weighted by Gasteiger charge is 2.27. The van der Waals surface area contributed by atoms with Crippen LogP contribution in [0.4, 0.5) is 11.5 Å². The monoisotopic (exact) mass is 439 g/mol. The van der Waals surface area contributed by atoms with Crippen molar-refractivity contribution < 1.29 is 4.79 Å². The van der Waals surface area contributed by atoms with E-state index in [0.29, 0.717) is 18.7 Å². The molecule has 2 saturated heterocycles. The predicted octanol–water partition coefficient (Wildman–Crippen LogP) is 2.97. The van der Waals surface area contributed by atoms with Crippen LogP contribution in [-0.4, -0.2) is 69.8 Å². The Morgan fingerprint density at radius 3 is 2.32 bits per heavy atom. The molecule has 8 nitrogen and oxygen atoms in total. The van der Waals surface area contributed by atoms with Crippen molar-refractivity contribution >= 4 is 40.0 Å². The van der Waals surface area contributed by atoms with Crippen LogP contribution in [0, 0.1) is 0 Å². The Hall–Kier alpha value is -2.87. The first-order chi connectivity index (χ1) is 15.1. The molecule has 5 rings (SSSR count). The summed E-state index contributed by atoms with van der Waals surface area (Å²) in [6.45, 7) is 4.70. The average Bonchev–Trinajstić information content (AvgIpc) is 3.20. The lowest BCUT2D eigenvalue weighted by Gasteiger charge is -2.36. The SMILES string of the molecule is Cn1ncc2c(N3CCCCC3)nc(C(=O)N3CCN(c4ccc(Cl)cc4)CC3)nc21. The lowest BCUT2D eigenvalue weighted by atomic mass is 10.1. The van der Waals surface area contributed by atoms with E-state index in [-0.39, 0.29) is 11.7 Å². The van der Waals surface area contributed by atoms with Crippen molar-refractivity contribution in [3.63, 3.8) is 0 Å². The second-order valence-corrected chi connectivity index (χ2v) is 8.62. The number of aryl methyl sites for hydroxylation is 1. The minimum Gasteiger partial charge on any atom is -0.368 e. The Bertz CT molecular complexity index is 1080. The van der Waals surface area contributed by atoms with Crippen molar-refractivity contribution in [2.24, 2.45) is 7.05 Å². The molecule has 162 valence electrons. The summed E-state index contributed by atoms with van der Waals surface area (Å²) in [5, 5.41) is 6.00. The summed E-state index contributed by atoms with van der Waals surface area (Å²) < 4.78 is 1.72. The number of piperidine rings is 1. The Kier molecular flexibility index (Phi) is 5.40. The van der Waals surface area contributed by atoms with E-state index in [2.05, 4.69) is 19.9 Å². The first-order valence-electron chi connectivity index (χ1n) is 10.8. The summed E-state index contributed by atoms with van der Waals surface area (Å²) >= 11 is 6.00. The number of amides is 1. The number of carbonyl (C=O) groups excluding carboxylic acids is 1. The molecular weight excluding hydrogens is 414 g/mol. The number of hydrogen-bond acceptors (Lipinski definition) is 6. The van der Waals surface area contributed by atoms with Gasteiger partial charge in [-0.15, -0.1) is 0 Å². The molecule has 0 atom stereocenters. The standard InChI is InChI=1S/C22H26ClN7O/c1-27-20-18(15-24-27)21(29-9-3-2-4-10-29)26-19(25-20)22(31)30-13-11-28(12-14-30)17-7-5-16(23)6-8-17/h5-8,15H,2-4,9-14H2,1H3. The van der Waals surface area contributed by atoms with Crippen LogP contribution in [-0.2, 0) is 7.05 Å². The van der Waals surface area contributed by atoms with E-state index in [4.69, 9.17) is 16.6 Å². The van der Waals surface area contributed by atoms with E-state index >= 15 is 0 Å². The molecule has 3 aromatic rings. The Morgan fingerprint density at radius 1 is 0.903 bits per heavy atom. The van der Waals surface area contributed by atoms with Crippen molar-refractivity contribution in [2.45, 2.75) is 19.3 Å². The minimum atomic E-state index is -0.114. The maximum Gasteiger partial charge on any atom is 0.291 e. The maximum absolute atomic E-state index is 13.3. The van der Waals surface area contributed by atoms with E-state index in [1.807, 2.05) is 36.2 Å². The van der Waals surface area contributed by atoms with Crippen molar-refractivity contribution in [2.75, 3.05) is 49.1 Å². The van der Waals surface area contributed by atoms with Gasteiger partial charge in [-0.3, -0.25) is 9.48 Å². The zero-order valence-corrected chi connectivity index (χ0v) is 18.4. The smallest absolute Gasteiger partial charge is 0.291 e. The highest BCUT2D eigenvalue weighted by Crippen LogP contribution is 2.27. The second-order valence-electron chi connectivity index (χ2n) is 8.18. The van der Waals surface area contributed by atoms with Gasteiger partial charge in [-0.2, -0.15) is 5.10 Å². The second kappa shape index (κ2) is 8.34. The van der Waals surface area contributed by atoms with Crippen LogP contribution in [0.25, 0.3) is 11.0 Å². The third-order valence-corrected chi connectivity index (χ3v) is 6.43. The van der Waals surface area contributed by atoms with Gasteiger partial charge < -0.3 is 14.7 Å². The summed E-state index contributed by atoms with van der Waals surface area (Å²) in [7, 11) is 1.86. The molecule has 2 aliphatic rings. The Balaban J connectivity index is 1.37. The highest BCUT2D eigenvalue weighted by molar-refractivity contribution is 6.30. The van der Waals surface area contributed by atoms with Crippen molar-refractivity contribution in [1.29, 1.82) is 0 Å². The molecule has 0 saturated carbocycles. The van der Waals surface area contributed by atoms with Gasteiger partial charge in [0.05, 0.1) is 11.6 Å². The van der Waals surface area contributed by atoms with Crippen LogP contribution in [0.2, 0.25) is 5.02 Å². The van der Waals surface area contributed by atoms with Gasteiger partial charge in [-0.05, 0) is 43.5 Å². The van der Waals surface area contributed by atoms with Crippen LogP contribution >= 0.6 is 11.6 Å². The molecule has 4 heterocycles. The molecule has 1 aromatic carbocycles. The average molecular weight is 440 g/mol. The summed E-state index contributed by atoms with van der Waals surface area (Å²) in [4.78, 5) is 29.0. The molecule has 0 N–H and O–H groups in total. The maximum atomic E-state index is 13.3. The zero-order chi connectivity index (χ0) is 21.4. The number of anilines is 2. The van der Waals surface area contributed by atoms with Gasteiger partial charge in [-0.25, -0.2) is 9.97 Å². The molecule has 0 aliphatic carbocycles. The fraction of sp³-hybridized carbons (Fsp3) is 0.455. The van der Waals surface area contributed by atoms with Crippen LogP contribution in [0.5, 0.6) is 0 Å². The van der Waals surface area contributed by atoms with Gasteiger partial charge in [0, 0.05) is 57.0 Å². The van der Waals surface area contributed by atoms with E-state index in [9.17, 15) is 4.79 Å². The van der Waals surface area contributed by atoms with Crippen LogP contribution < -0.4 is 9.80 Å². The number of piperazine rings is 1. The fourth-order valence-electron chi connectivity index (χ4n) is 4.41. The third kappa shape index (κ3) is 3.92. The molecule has 0 radical (unpaired) electrons. The molecule has 2 fully saturated rings. The quantitative estimate of drug-likeness (QED) is 0.624. The minimum absolute atomic E-state index is 0.114. The molecular formula is C22H26ClN7O. The molecule has 0 unspecified atom stereocenters. The van der Waals surface area contributed by atoms with Gasteiger partial charge in [0.15, 0.2) is 5.65 Å². The van der Waals surface area contributed by atoms with Gasteiger partial charge in [0.2, 0.25) is 5.82 Å². The highest BCUT2D eigenvalue weighted by atomic mass is 35.5. The summed E-state index contributed by atoms with van der Waals surface area (Å²) in [6.07, 6.45) is 5.32. The first kappa shape index (κ1) is 20.1. The lowest BCUT2D eigenvalue weighted by molar-refractivity contribution is 0.0735. The Labute approximate surface area is 186 Å². The topological polar surface area (TPSA) is 70.4 Å². The molecule has 0 spiro atoms. The summed E-state index contributed by atoms with van der Waals surface area (Å²) in [5.41, 5.74) is 1.83. The van der Waals surface area contributed by atoms with Gasteiger partial charge in [0.25, 0.3) is 5.91 Å². The third-order valence-electron chi connectivity index (χ3n) is 6.18. The lowest BCUT2D eigenvalue weighted by Crippen LogP contribution is -2.49. The Morgan fingerprint density at radius 2 is 1.61 bits per heavy atom. The summed E-state index contributed by atoms with van der Waals surface area (Å²) in [5.74, 6) is 0.981. The van der Waals surface area contributed by atoms with E-state index in [1.54, 1.807) is 10.9 Å². The van der Waals surface area contributed by atoms with Gasteiger partial charge in [-0.1, -0.05) is 11.6 Å². The normalized spacial score (nSPS) is 17.4. The molecule has 2 aliphatic heterocycles. The fourth-order valence-corrected chi connectivity index (χ4v) is 4.54. The number of rotatable bonds is 3. The van der Waals surface area contributed by atoms with E-state index in [0.717, 1.165) is 60.9 Å². The van der Waals surface area contributed by atoms with Crippen LogP contribution in [0.15, 0.2) is 30.5 Å². The summed E-state index contributed by atoms with van der Waals surface area (Å²) in [6, 6.07) is 7.83. The van der Waals surface area contributed by atoms with E-state index in [1.165, 1.54) is 6.42 Å². The number of fused-ring (bicyclic) bond motifs is 1. The number of carbonyl (C=O) groups is 1. The number of hydrogen-bond donors (Lipinski definition) is 0. The van der Waals surface area contributed by atoms with Crippen molar-refractivity contribution in [3.8, 4) is 0 Å². The molecule has 2 aromatic heterocycles. The zero-order valence-electron chi connectivity index (χ0n) is 17.7. The van der Waals surface area contributed by atoms with E-state index < -0.39 is 0 Å². The number of benzene rings is 1. The number of nitrogens with zero attached hydrogens (tertiary/aromatic N) is 7. The predicted molar refractivity (Wildman–Crippen MR) is 122 cm³/mol. The number of halogens is 1. The van der Waals surface area contributed by atoms with Gasteiger partial charge in [0.1, 0.15) is 5.82 Å². The van der Waals surface area contributed by atoms with Gasteiger partial charge >= 0.3 is 0 Å². The molecule has 9 heteroatoms. The largest absolute Gasteiger partial charge is 0.368 e. The van der Waals surface area contributed by atoms with Crippen molar-refractivity contribution in [3.05, 3.63) is 41.3 Å². The van der Waals surface area contributed by atoms with Crippen LogP contribution in [0.3, 0.4) is 0 Å². The molecule has 1 amide bonds. The first-order valence-corrected chi connectivity index (χ1v) is 11.2. The van der Waals surface area contributed by atoms with Crippen molar-refractivity contribution in [1.82, 2.24) is 24.6 Å². The van der Waals surface area contributed by atoms with Crippen LogP contribution in [0.1, 0.15) is 29.9 Å². The molecule has 31 heavy (non-hydrogen) atoms. The molecule has 0 bridgehead atoms.